The van der Waals surface area contributed by atoms with Crippen molar-refractivity contribution in [2.45, 2.75) is 24.8 Å². The van der Waals surface area contributed by atoms with Crippen LogP contribution in [0.15, 0.2) is 76.3 Å². The molecule has 1 aliphatic heterocycles. The maximum atomic E-state index is 12.9. The normalized spacial score (nSPS) is 16.0. The van der Waals surface area contributed by atoms with Gasteiger partial charge < -0.3 is 14.6 Å². The first kappa shape index (κ1) is 22.7. The maximum absolute atomic E-state index is 12.9. The van der Waals surface area contributed by atoms with E-state index in [0.29, 0.717) is 24.9 Å². The third-order valence-corrected chi connectivity index (χ3v) is 6.18. The topological polar surface area (TPSA) is 80.5 Å². The van der Waals surface area contributed by atoms with E-state index in [-0.39, 0.29) is 6.03 Å². The zero-order valence-corrected chi connectivity index (χ0v) is 19.7. The molecule has 1 atom stereocenters. The van der Waals surface area contributed by atoms with Crippen LogP contribution >= 0.6 is 11.8 Å². The van der Waals surface area contributed by atoms with Gasteiger partial charge in [0.1, 0.15) is 5.75 Å². The van der Waals surface area contributed by atoms with Gasteiger partial charge in [0, 0.05) is 22.7 Å². The first-order valence-electron chi connectivity index (χ1n) is 10.7. The molecule has 33 heavy (non-hydrogen) atoms. The van der Waals surface area contributed by atoms with E-state index >= 15 is 0 Å². The largest absolute Gasteiger partial charge is 0.494 e. The highest BCUT2D eigenvalue weighted by atomic mass is 32.2. The van der Waals surface area contributed by atoms with E-state index in [2.05, 4.69) is 22.0 Å². The van der Waals surface area contributed by atoms with Crippen molar-refractivity contribution in [2.24, 2.45) is 0 Å². The third-order valence-electron chi connectivity index (χ3n) is 5.44. The van der Waals surface area contributed by atoms with E-state index in [1.165, 1.54) is 0 Å². The minimum atomic E-state index is -0.443. The molecule has 2 aromatic carbocycles. The Morgan fingerprint density at radius 2 is 1.94 bits per heavy atom. The number of benzene rings is 2. The van der Waals surface area contributed by atoms with Crippen LogP contribution in [0, 0.1) is 0 Å². The summed E-state index contributed by atoms with van der Waals surface area (Å²) in [5.74, 6) is 1.63. The molecule has 0 spiro atoms. The maximum Gasteiger partial charge on any atom is 0.322 e. The van der Waals surface area contributed by atoms with E-state index < -0.39 is 6.04 Å². The summed E-state index contributed by atoms with van der Waals surface area (Å²) < 4.78 is 11.3. The molecule has 0 saturated carbocycles. The number of rotatable bonds is 8. The molecular weight excluding hydrogens is 436 g/mol. The molecule has 0 aliphatic carbocycles. The molecule has 0 fully saturated rings. The minimum Gasteiger partial charge on any atom is -0.494 e. The Hall–Kier alpha value is -3.52. The number of carbonyl (C=O) groups excluding carboxylic acids is 1. The molecule has 1 N–H and O–H groups in total. The number of amides is 2. The van der Waals surface area contributed by atoms with Crippen LogP contribution in [0.5, 0.6) is 5.75 Å². The predicted molar refractivity (Wildman–Crippen MR) is 130 cm³/mol. The second-order valence-electron chi connectivity index (χ2n) is 7.43. The van der Waals surface area contributed by atoms with Gasteiger partial charge in [-0.1, -0.05) is 23.4 Å². The van der Waals surface area contributed by atoms with Gasteiger partial charge >= 0.3 is 6.03 Å². The van der Waals surface area contributed by atoms with Crippen molar-refractivity contribution in [3.63, 3.8) is 0 Å². The van der Waals surface area contributed by atoms with E-state index in [0.717, 1.165) is 33.0 Å². The Balaban J connectivity index is 1.75. The Morgan fingerprint density at radius 1 is 1.21 bits per heavy atom. The standard InChI is InChI=1S/C25H26N4O3S/c1-5-15-29-16(3)21(22(26-25(29)30)17-7-11-19(12-8-17)31-6-2)24-27-23(28-32-24)18-9-13-20(33-4)14-10-18/h5,7-14,22H,1,6,15H2,2-4H3,(H,26,30). The smallest absolute Gasteiger partial charge is 0.322 e. The van der Waals surface area contributed by atoms with Crippen molar-refractivity contribution in [1.29, 1.82) is 0 Å². The highest BCUT2D eigenvalue weighted by molar-refractivity contribution is 7.98. The van der Waals surface area contributed by atoms with Crippen LogP contribution in [0.25, 0.3) is 17.0 Å². The summed E-state index contributed by atoms with van der Waals surface area (Å²) in [5, 5.41) is 7.28. The van der Waals surface area contributed by atoms with Gasteiger partial charge in [0.2, 0.25) is 5.82 Å². The lowest BCUT2D eigenvalue weighted by atomic mass is 9.94. The molecule has 0 saturated heterocycles. The molecule has 4 rings (SSSR count). The van der Waals surface area contributed by atoms with Gasteiger partial charge in [0.25, 0.3) is 5.89 Å². The van der Waals surface area contributed by atoms with E-state index in [1.54, 1.807) is 22.7 Å². The van der Waals surface area contributed by atoms with Gasteiger partial charge in [-0.15, -0.1) is 18.3 Å². The molecule has 1 unspecified atom stereocenters. The van der Waals surface area contributed by atoms with Crippen molar-refractivity contribution >= 4 is 23.4 Å². The Kier molecular flexibility index (Phi) is 6.84. The molecule has 1 aromatic heterocycles. The number of nitrogens with zero attached hydrogens (tertiary/aromatic N) is 3. The summed E-state index contributed by atoms with van der Waals surface area (Å²) in [6.07, 6.45) is 3.72. The number of allylic oxidation sites excluding steroid dienone is 1. The fraction of sp³-hybridized carbons (Fsp3) is 0.240. The van der Waals surface area contributed by atoms with Crippen molar-refractivity contribution in [3.05, 3.63) is 78.3 Å². The number of carbonyl (C=O) groups is 1. The summed E-state index contributed by atoms with van der Waals surface area (Å²) in [6, 6.07) is 15.0. The average molecular weight is 463 g/mol. The minimum absolute atomic E-state index is 0.206. The Labute approximate surface area is 197 Å². The van der Waals surface area contributed by atoms with Crippen LogP contribution in [0.3, 0.4) is 0 Å². The summed E-state index contributed by atoms with van der Waals surface area (Å²) in [4.78, 5) is 20.3. The van der Waals surface area contributed by atoms with E-state index in [9.17, 15) is 4.79 Å². The summed E-state index contributed by atoms with van der Waals surface area (Å²) >= 11 is 1.67. The number of aromatic nitrogens is 2. The number of thioether (sulfide) groups is 1. The zero-order valence-electron chi connectivity index (χ0n) is 18.9. The van der Waals surface area contributed by atoms with E-state index in [1.807, 2.05) is 68.6 Å². The fourth-order valence-corrected chi connectivity index (χ4v) is 4.18. The summed E-state index contributed by atoms with van der Waals surface area (Å²) in [7, 11) is 0. The second kappa shape index (κ2) is 9.95. The molecule has 1 aliphatic rings. The van der Waals surface area contributed by atoms with Crippen molar-refractivity contribution in [2.75, 3.05) is 19.4 Å². The molecule has 3 aromatic rings. The molecular formula is C25H26N4O3S. The average Bonchev–Trinajstić information content (AvgIpc) is 3.32. The monoisotopic (exact) mass is 462 g/mol. The summed E-state index contributed by atoms with van der Waals surface area (Å²) in [5.41, 5.74) is 3.25. The molecule has 170 valence electrons. The predicted octanol–water partition coefficient (Wildman–Crippen LogP) is 5.54. The first-order valence-corrected chi connectivity index (χ1v) is 11.9. The van der Waals surface area contributed by atoms with Gasteiger partial charge in [-0.25, -0.2) is 4.79 Å². The highest BCUT2D eigenvalue weighted by Crippen LogP contribution is 2.37. The SMILES string of the molecule is C=CCN1C(=O)NC(c2ccc(OCC)cc2)C(c2nc(-c3ccc(SC)cc3)no2)=C1C. The quantitative estimate of drug-likeness (QED) is 0.350. The lowest BCUT2D eigenvalue weighted by molar-refractivity contribution is 0.209. The lowest BCUT2D eigenvalue weighted by Gasteiger charge is -2.34. The molecule has 7 nitrogen and oxygen atoms in total. The van der Waals surface area contributed by atoms with Crippen LogP contribution in [-0.4, -0.2) is 40.5 Å². The van der Waals surface area contributed by atoms with Gasteiger partial charge in [0.15, 0.2) is 0 Å². The van der Waals surface area contributed by atoms with Crippen LogP contribution < -0.4 is 10.1 Å². The number of hydrogen-bond acceptors (Lipinski definition) is 6. The van der Waals surface area contributed by atoms with E-state index in [4.69, 9.17) is 9.26 Å². The molecule has 0 bridgehead atoms. The van der Waals surface area contributed by atoms with Crippen molar-refractivity contribution < 1.29 is 14.1 Å². The lowest BCUT2D eigenvalue weighted by Crippen LogP contribution is -2.46. The van der Waals surface area contributed by atoms with Crippen molar-refractivity contribution in [1.82, 2.24) is 20.4 Å². The molecule has 2 heterocycles. The number of nitrogens with one attached hydrogen (secondary N) is 1. The Bertz CT molecular complexity index is 1170. The first-order chi connectivity index (χ1) is 16.0. The van der Waals surface area contributed by atoms with Crippen LogP contribution in [-0.2, 0) is 0 Å². The molecule has 8 heteroatoms. The Morgan fingerprint density at radius 3 is 2.58 bits per heavy atom. The van der Waals surface area contributed by atoms with Crippen LogP contribution in [0.4, 0.5) is 4.79 Å². The second-order valence-corrected chi connectivity index (χ2v) is 8.31. The van der Waals surface area contributed by atoms with Crippen molar-refractivity contribution in [3.8, 4) is 17.1 Å². The number of ether oxygens (including phenoxy) is 1. The molecule has 2 amide bonds. The number of hydrogen-bond donors (Lipinski definition) is 1. The van der Waals surface area contributed by atoms with Gasteiger partial charge in [-0.05, 0) is 62.1 Å². The number of urea groups is 1. The van der Waals surface area contributed by atoms with Gasteiger partial charge in [0.05, 0.1) is 18.2 Å². The van der Waals surface area contributed by atoms with Gasteiger partial charge in [-0.3, -0.25) is 4.90 Å². The zero-order chi connectivity index (χ0) is 23.4. The fourth-order valence-electron chi connectivity index (χ4n) is 3.77. The van der Waals surface area contributed by atoms with Gasteiger partial charge in [-0.2, -0.15) is 4.98 Å². The van der Waals surface area contributed by atoms with Crippen LogP contribution in [0.2, 0.25) is 0 Å². The van der Waals surface area contributed by atoms with Crippen LogP contribution in [0.1, 0.15) is 31.3 Å². The molecule has 0 radical (unpaired) electrons. The third kappa shape index (κ3) is 4.66. The highest BCUT2D eigenvalue weighted by Gasteiger charge is 2.35. The summed E-state index contributed by atoms with van der Waals surface area (Å²) in [6.45, 7) is 8.55.